The number of aliphatic carboxylic acids is 1. The molecule has 2 nitrogen and oxygen atoms in total. The summed E-state index contributed by atoms with van der Waals surface area (Å²) in [6.45, 7) is 11.2. The van der Waals surface area contributed by atoms with Crippen molar-refractivity contribution >= 4 is 12.0 Å². The molecule has 0 amide bonds. The monoisotopic (exact) mass is 374 g/mol. The van der Waals surface area contributed by atoms with Crippen molar-refractivity contribution in [2.45, 2.75) is 58.3 Å². The quantitative estimate of drug-likeness (QED) is 0.475. The van der Waals surface area contributed by atoms with Gasteiger partial charge in [-0.1, -0.05) is 76.2 Å². The molecule has 0 radical (unpaired) electrons. The van der Waals surface area contributed by atoms with Gasteiger partial charge in [0.15, 0.2) is 0 Å². The topological polar surface area (TPSA) is 37.3 Å². The van der Waals surface area contributed by atoms with Gasteiger partial charge in [-0.05, 0) is 70.1 Å². The van der Waals surface area contributed by atoms with Crippen LogP contribution in [0.5, 0.6) is 0 Å². The third-order valence-electron chi connectivity index (χ3n) is 5.96. The van der Waals surface area contributed by atoms with Gasteiger partial charge in [0.2, 0.25) is 0 Å². The van der Waals surface area contributed by atoms with Crippen molar-refractivity contribution < 1.29 is 9.90 Å². The van der Waals surface area contributed by atoms with Gasteiger partial charge in [0, 0.05) is 6.08 Å². The molecule has 0 unspecified atom stereocenters. The SMILES string of the molecule is CC(C=Cc1cccc(-c2ccc3c(c2)C(C)(C)CCC3(C)C)c1)=CC(=O)O. The van der Waals surface area contributed by atoms with Crippen LogP contribution >= 0.6 is 0 Å². The largest absolute Gasteiger partial charge is 0.478 e. The highest BCUT2D eigenvalue weighted by Gasteiger charge is 2.36. The molecule has 0 fully saturated rings. The van der Waals surface area contributed by atoms with Gasteiger partial charge in [-0.25, -0.2) is 4.79 Å². The molecule has 2 aromatic carbocycles. The lowest BCUT2D eigenvalue weighted by molar-refractivity contribution is -0.131. The molecule has 1 N–H and O–H groups in total. The number of carboxylic acids is 1. The lowest BCUT2D eigenvalue weighted by atomic mass is 9.63. The van der Waals surface area contributed by atoms with Gasteiger partial charge < -0.3 is 5.11 Å². The van der Waals surface area contributed by atoms with Crippen LogP contribution in [-0.4, -0.2) is 11.1 Å². The first-order valence-corrected chi connectivity index (χ1v) is 9.93. The van der Waals surface area contributed by atoms with Crippen LogP contribution in [0.25, 0.3) is 17.2 Å². The van der Waals surface area contributed by atoms with Crippen molar-refractivity contribution in [3.8, 4) is 11.1 Å². The average Bonchev–Trinajstić information content (AvgIpc) is 2.63. The molecule has 2 aromatic rings. The fourth-order valence-corrected chi connectivity index (χ4v) is 4.06. The van der Waals surface area contributed by atoms with E-state index in [1.165, 1.54) is 41.2 Å². The number of fused-ring (bicyclic) bond motifs is 1. The molecule has 2 heteroatoms. The molecule has 1 aliphatic rings. The van der Waals surface area contributed by atoms with Crippen molar-refractivity contribution in [3.63, 3.8) is 0 Å². The van der Waals surface area contributed by atoms with E-state index in [0.717, 1.165) is 11.1 Å². The molecule has 0 saturated carbocycles. The van der Waals surface area contributed by atoms with Crippen LogP contribution in [0.3, 0.4) is 0 Å². The number of carbonyl (C=O) groups is 1. The van der Waals surface area contributed by atoms with E-state index >= 15 is 0 Å². The summed E-state index contributed by atoms with van der Waals surface area (Å²) in [4.78, 5) is 10.8. The summed E-state index contributed by atoms with van der Waals surface area (Å²) in [7, 11) is 0. The summed E-state index contributed by atoms with van der Waals surface area (Å²) in [5.41, 5.74) is 7.55. The van der Waals surface area contributed by atoms with Crippen LogP contribution < -0.4 is 0 Å². The van der Waals surface area contributed by atoms with E-state index in [-0.39, 0.29) is 10.8 Å². The van der Waals surface area contributed by atoms with E-state index in [1.807, 2.05) is 18.2 Å². The van der Waals surface area contributed by atoms with Gasteiger partial charge in [-0.3, -0.25) is 0 Å². The van der Waals surface area contributed by atoms with Crippen LogP contribution in [0.4, 0.5) is 0 Å². The van der Waals surface area contributed by atoms with E-state index in [1.54, 1.807) is 6.92 Å². The van der Waals surface area contributed by atoms with Gasteiger partial charge in [0.1, 0.15) is 0 Å². The Hall–Kier alpha value is -2.61. The molecule has 0 spiro atoms. The van der Waals surface area contributed by atoms with Crippen molar-refractivity contribution in [1.82, 2.24) is 0 Å². The first kappa shape index (κ1) is 20.1. The highest BCUT2D eigenvalue weighted by molar-refractivity contribution is 5.81. The summed E-state index contributed by atoms with van der Waals surface area (Å²) < 4.78 is 0. The van der Waals surface area contributed by atoms with Crippen LogP contribution in [0, 0.1) is 0 Å². The molecule has 0 aromatic heterocycles. The second-order valence-electron chi connectivity index (χ2n) is 9.21. The number of hydrogen-bond donors (Lipinski definition) is 1. The maximum absolute atomic E-state index is 10.8. The van der Waals surface area contributed by atoms with Gasteiger partial charge in [-0.2, -0.15) is 0 Å². The lowest BCUT2D eigenvalue weighted by Crippen LogP contribution is -2.33. The number of benzene rings is 2. The zero-order valence-corrected chi connectivity index (χ0v) is 17.5. The van der Waals surface area contributed by atoms with Gasteiger partial charge in [0.05, 0.1) is 0 Å². The molecule has 146 valence electrons. The minimum atomic E-state index is -0.921. The molecule has 3 rings (SSSR count). The van der Waals surface area contributed by atoms with Crippen LogP contribution in [0.2, 0.25) is 0 Å². The van der Waals surface area contributed by atoms with Crippen LogP contribution in [-0.2, 0) is 15.6 Å². The standard InChI is InChI=1S/C26H30O2/c1-18(15-24(27)28)9-10-19-7-6-8-20(16-19)21-11-12-22-23(17-21)26(4,5)14-13-25(22,2)3/h6-12,15-17H,13-14H2,1-5H3,(H,27,28). The summed E-state index contributed by atoms with van der Waals surface area (Å²) in [6, 6.07) is 15.3. The first-order chi connectivity index (χ1) is 13.1. The first-order valence-electron chi connectivity index (χ1n) is 9.93. The molecule has 1 aliphatic carbocycles. The molecule has 0 saturated heterocycles. The highest BCUT2D eigenvalue weighted by atomic mass is 16.4. The Labute approximate surface area is 168 Å². The molecule has 0 bridgehead atoms. The second kappa shape index (κ2) is 7.43. The second-order valence-corrected chi connectivity index (χ2v) is 9.21. The minimum Gasteiger partial charge on any atom is -0.478 e. The normalized spacial score (nSPS) is 18.1. The van der Waals surface area contributed by atoms with E-state index in [9.17, 15) is 4.79 Å². The number of hydrogen-bond acceptors (Lipinski definition) is 1. The van der Waals surface area contributed by atoms with Crippen molar-refractivity contribution in [2.24, 2.45) is 0 Å². The smallest absolute Gasteiger partial charge is 0.328 e. The Bertz CT molecular complexity index is 958. The third kappa shape index (κ3) is 4.27. The number of rotatable bonds is 4. The van der Waals surface area contributed by atoms with Gasteiger partial charge >= 0.3 is 5.97 Å². The Balaban J connectivity index is 1.97. The third-order valence-corrected chi connectivity index (χ3v) is 5.96. The number of carboxylic acid groups (broad SMARTS) is 1. The van der Waals surface area contributed by atoms with Gasteiger partial charge in [-0.15, -0.1) is 0 Å². The van der Waals surface area contributed by atoms with Crippen LogP contribution in [0.15, 0.2) is 60.2 Å². The predicted octanol–water partition coefficient (Wildman–Crippen LogP) is 6.75. The zero-order valence-electron chi connectivity index (χ0n) is 17.5. The zero-order chi connectivity index (χ0) is 20.5. The highest BCUT2D eigenvalue weighted by Crippen LogP contribution is 2.46. The van der Waals surface area contributed by atoms with E-state index < -0.39 is 5.97 Å². The van der Waals surface area contributed by atoms with E-state index in [4.69, 9.17) is 5.11 Å². The van der Waals surface area contributed by atoms with Crippen LogP contribution in [0.1, 0.15) is 64.2 Å². The molecule has 0 heterocycles. The number of allylic oxidation sites excluding steroid dienone is 2. The molecular weight excluding hydrogens is 344 g/mol. The lowest BCUT2D eigenvalue weighted by Gasteiger charge is -2.42. The Morgan fingerprint density at radius 2 is 1.57 bits per heavy atom. The van der Waals surface area contributed by atoms with Gasteiger partial charge in [0.25, 0.3) is 0 Å². The minimum absolute atomic E-state index is 0.192. The summed E-state index contributed by atoms with van der Waals surface area (Å²) in [5, 5.41) is 8.84. The Morgan fingerprint density at radius 1 is 0.929 bits per heavy atom. The Morgan fingerprint density at radius 3 is 2.25 bits per heavy atom. The van der Waals surface area contributed by atoms with Crippen molar-refractivity contribution in [3.05, 3.63) is 76.9 Å². The van der Waals surface area contributed by atoms with E-state index in [2.05, 4.69) is 64.1 Å². The van der Waals surface area contributed by atoms with Crippen molar-refractivity contribution in [1.29, 1.82) is 0 Å². The summed E-state index contributed by atoms with van der Waals surface area (Å²) in [5.74, 6) is -0.921. The maximum atomic E-state index is 10.8. The summed E-state index contributed by atoms with van der Waals surface area (Å²) in [6.07, 6.45) is 7.44. The molecular formula is C26H30O2. The molecule has 0 atom stereocenters. The average molecular weight is 375 g/mol. The fourth-order valence-electron chi connectivity index (χ4n) is 4.06. The summed E-state index contributed by atoms with van der Waals surface area (Å²) >= 11 is 0. The molecule has 0 aliphatic heterocycles. The predicted molar refractivity (Wildman–Crippen MR) is 118 cm³/mol. The van der Waals surface area contributed by atoms with Crippen molar-refractivity contribution in [2.75, 3.05) is 0 Å². The Kier molecular flexibility index (Phi) is 5.34. The van der Waals surface area contributed by atoms with E-state index in [0.29, 0.717) is 0 Å². The molecule has 28 heavy (non-hydrogen) atoms. The fraction of sp³-hybridized carbons (Fsp3) is 0.346. The maximum Gasteiger partial charge on any atom is 0.328 e.